The van der Waals surface area contributed by atoms with Gasteiger partial charge in [0, 0.05) is 0 Å². The lowest BCUT2D eigenvalue weighted by atomic mass is 9.83. The lowest BCUT2D eigenvalue weighted by molar-refractivity contribution is 0.402. The molecule has 0 spiro atoms. The number of hydrogen-bond donors (Lipinski definition) is 0. The van der Waals surface area contributed by atoms with E-state index in [1.807, 2.05) is 0 Å². The maximum atomic E-state index is 14.0. The van der Waals surface area contributed by atoms with E-state index in [1.54, 1.807) is 12.1 Å². The summed E-state index contributed by atoms with van der Waals surface area (Å²) >= 11 is 0. The van der Waals surface area contributed by atoms with Crippen LogP contribution in [0.5, 0.6) is 0 Å². The minimum absolute atomic E-state index is 0.439. The van der Waals surface area contributed by atoms with Crippen molar-refractivity contribution in [3.8, 4) is 12.1 Å². The molecule has 12 heteroatoms. The predicted octanol–water partition coefficient (Wildman–Crippen LogP) is 7.24. The zero-order valence-corrected chi connectivity index (χ0v) is 17.4. The van der Waals surface area contributed by atoms with E-state index < -0.39 is 104 Å². The van der Waals surface area contributed by atoms with Gasteiger partial charge in [0.05, 0.1) is 34.4 Å². The Morgan fingerprint density at radius 3 is 0.972 bits per heavy atom. The van der Waals surface area contributed by atoms with Crippen LogP contribution in [0, 0.1) is 49.0 Å². The van der Waals surface area contributed by atoms with Gasteiger partial charge in [0.25, 0.3) is 42.4 Å². The van der Waals surface area contributed by atoms with Crippen LogP contribution in [0.2, 0.25) is 0 Å². The van der Waals surface area contributed by atoms with E-state index in [-0.39, 0.29) is 0 Å². The van der Waals surface area contributed by atoms with E-state index in [1.165, 1.54) is 0 Å². The Hall–Kier alpha value is -5.04. The fourth-order valence-electron chi connectivity index (χ4n) is 5.51. The van der Waals surface area contributed by atoms with Gasteiger partial charge in [-0.05, 0) is 11.1 Å². The van der Waals surface area contributed by atoms with Crippen LogP contribution in [0.25, 0.3) is 19.4 Å². The van der Waals surface area contributed by atoms with E-state index in [0.29, 0.717) is 0 Å². The summed E-state index contributed by atoms with van der Waals surface area (Å²) < 4.78 is 84.3. The minimum Gasteiger partial charge on any atom is -0.303 e. The van der Waals surface area contributed by atoms with Crippen molar-refractivity contribution in [3.63, 3.8) is 0 Å². The molecule has 3 aliphatic rings. The zero-order chi connectivity index (χ0) is 26.6. The Morgan fingerprint density at radius 1 is 0.500 bits per heavy atom. The smallest absolute Gasteiger partial charge is 0.285 e. The van der Waals surface area contributed by atoms with Gasteiger partial charge in [0.2, 0.25) is 0 Å². The summed E-state index contributed by atoms with van der Waals surface area (Å²) in [6.07, 6.45) is -7.30. The van der Waals surface area contributed by atoms with Crippen molar-refractivity contribution in [2.45, 2.75) is 36.0 Å². The highest BCUT2D eigenvalue weighted by Crippen LogP contribution is 2.66. The standard InChI is InChI=1S/C24H6F6N6/c1-33-18-11(22(25)26)7(5-31)9-10-8(6-32)12(23(27)28)19(34-2)14(10)16-15(13(9)18)20(35-3)17(24(29)30)21(16)36-4/h7-8,18-21H. The fraction of sp³-hybridized carbons (Fsp3) is 0.250. The molecule has 0 saturated carbocycles. The number of rotatable bonds is 0. The molecule has 3 aliphatic carbocycles. The third kappa shape index (κ3) is 2.74. The second-order valence-corrected chi connectivity index (χ2v) is 7.88. The second-order valence-electron chi connectivity index (χ2n) is 7.88. The maximum absolute atomic E-state index is 14.0. The summed E-state index contributed by atoms with van der Waals surface area (Å²) in [6.45, 7) is 30.1. The first kappa shape index (κ1) is 24.1. The first-order valence-corrected chi connectivity index (χ1v) is 9.80. The second kappa shape index (κ2) is 8.32. The lowest BCUT2D eigenvalue weighted by Crippen LogP contribution is -2.08. The SMILES string of the molecule is [C-]#[N+]C1C(=C(F)F)C(C#N)c2c3c(c4c(c21)C([N+]#[C-])C(=C(F)F)C4[N+]#[C-])C([N+]#[C-])C(=C(F)F)C3C#N. The first-order chi connectivity index (χ1) is 17.2. The summed E-state index contributed by atoms with van der Waals surface area (Å²) in [7, 11) is 0. The van der Waals surface area contributed by atoms with Crippen LogP contribution in [0.4, 0.5) is 26.3 Å². The summed E-state index contributed by atoms with van der Waals surface area (Å²) in [5.41, 5.74) is -5.70. The molecule has 1 aromatic rings. The van der Waals surface area contributed by atoms with Crippen LogP contribution < -0.4 is 0 Å². The van der Waals surface area contributed by atoms with Crippen molar-refractivity contribution in [1.82, 2.24) is 0 Å². The molecule has 6 atom stereocenters. The van der Waals surface area contributed by atoms with Gasteiger partial charge >= 0.3 is 0 Å². The fourth-order valence-corrected chi connectivity index (χ4v) is 5.51. The molecule has 36 heavy (non-hydrogen) atoms. The third-order valence-corrected chi connectivity index (χ3v) is 6.64. The average molecular weight is 492 g/mol. The molecule has 0 heterocycles. The lowest BCUT2D eigenvalue weighted by Gasteiger charge is -2.15. The summed E-state index contributed by atoms with van der Waals surface area (Å²) in [5, 5.41) is 19.6. The normalized spacial score (nSPS) is 26.8. The molecule has 0 aliphatic heterocycles. The highest BCUT2D eigenvalue weighted by atomic mass is 19.3. The van der Waals surface area contributed by atoms with Crippen molar-refractivity contribution in [2.24, 2.45) is 0 Å². The Balaban J connectivity index is 2.39. The monoisotopic (exact) mass is 492 g/mol. The minimum atomic E-state index is -2.44. The molecule has 1 aromatic carbocycles. The highest BCUT2D eigenvalue weighted by molar-refractivity contribution is 5.76. The molecule has 0 saturated heterocycles. The van der Waals surface area contributed by atoms with Crippen molar-refractivity contribution >= 4 is 0 Å². The molecule has 6 unspecified atom stereocenters. The molecule has 0 radical (unpaired) electrons. The number of benzene rings is 1. The molecule has 0 bridgehead atoms. The molecule has 0 fully saturated rings. The third-order valence-electron chi connectivity index (χ3n) is 6.64. The van der Waals surface area contributed by atoms with Crippen LogP contribution >= 0.6 is 0 Å². The van der Waals surface area contributed by atoms with E-state index in [4.69, 9.17) is 26.3 Å². The molecular weight excluding hydrogens is 486 g/mol. The molecular formula is C24H6F6N6. The predicted molar refractivity (Wildman–Crippen MR) is 108 cm³/mol. The Morgan fingerprint density at radius 2 is 0.750 bits per heavy atom. The first-order valence-electron chi connectivity index (χ1n) is 9.80. The highest BCUT2D eigenvalue weighted by Gasteiger charge is 2.62. The van der Waals surface area contributed by atoms with Crippen LogP contribution in [-0.2, 0) is 0 Å². The number of nitriles is 2. The molecule has 174 valence electrons. The number of fused-ring (bicyclic) bond motifs is 6. The van der Waals surface area contributed by atoms with Gasteiger partial charge in [0.15, 0.2) is 5.57 Å². The van der Waals surface area contributed by atoms with Gasteiger partial charge in [-0.2, -0.15) is 36.9 Å². The molecule has 4 rings (SSSR count). The van der Waals surface area contributed by atoms with Crippen LogP contribution in [0.3, 0.4) is 0 Å². The maximum Gasteiger partial charge on any atom is 0.285 e. The van der Waals surface area contributed by atoms with Crippen LogP contribution in [0.1, 0.15) is 69.4 Å². The van der Waals surface area contributed by atoms with Crippen molar-refractivity contribution in [3.05, 3.63) is 114 Å². The van der Waals surface area contributed by atoms with Gasteiger partial charge in [-0.25, -0.2) is 26.3 Å². The quantitative estimate of drug-likeness (QED) is 0.283. The van der Waals surface area contributed by atoms with Crippen molar-refractivity contribution < 1.29 is 26.3 Å². The molecule has 0 aromatic heterocycles. The van der Waals surface area contributed by atoms with E-state index in [0.717, 1.165) is 0 Å². The van der Waals surface area contributed by atoms with E-state index >= 15 is 0 Å². The molecule has 0 amide bonds. The van der Waals surface area contributed by atoms with Gasteiger partial charge in [0.1, 0.15) is 23.0 Å². The van der Waals surface area contributed by atoms with Gasteiger partial charge < -0.3 is 19.4 Å². The topological polar surface area (TPSA) is 65.0 Å². The molecule has 0 N–H and O–H groups in total. The van der Waals surface area contributed by atoms with Crippen LogP contribution in [0.15, 0.2) is 35.0 Å². The van der Waals surface area contributed by atoms with Gasteiger partial charge in [-0.15, -0.1) is 0 Å². The summed E-state index contributed by atoms with van der Waals surface area (Å²) in [6, 6.07) is -4.61. The Kier molecular flexibility index (Phi) is 5.57. The number of halogens is 6. The van der Waals surface area contributed by atoms with Gasteiger partial charge in [-0.3, -0.25) is 0 Å². The number of hydrogen-bond acceptors (Lipinski definition) is 2. The van der Waals surface area contributed by atoms with E-state index in [9.17, 15) is 36.9 Å². The van der Waals surface area contributed by atoms with Crippen LogP contribution in [-0.4, -0.2) is 0 Å². The van der Waals surface area contributed by atoms with E-state index in [2.05, 4.69) is 19.4 Å². The largest absolute Gasteiger partial charge is 0.303 e. The number of nitrogens with zero attached hydrogens (tertiary/aromatic N) is 6. The zero-order valence-electron chi connectivity index (χ0n) is 17.4. The van der Waals surface area contributed by atoms with Gasteiger partial charge in [-0.1, -0.05) is 0 Å². The summed E-state index contributed by atoms with van der Waals surface area (Å²) in [5.74, 6) is -3.85. The molecule has 6 nitrogen and oxygen atoms in total. The Labute approximate surface area is 199 Å². The van der Waals surface area contributed by atoms with Crippen molar-refractivity contribution in [1.29, 1.82) is 10.5 Å². The summed E-state index contributed by atoms with van der Waals surface area (Å²) in [4.78, 5) is 12.6. The average Bonchev–Trinajstić information content (AvgIpc) is 3.47. The van der Waals surface area contributed by atoms with Crippen molar-refractivity contribution in [2.75, 3.05) is 0 Å². The Bertz CT molecular complexity index is 1290.